The molecule has 1 aromatic carbocycles. The van der Waals surface area contributed by atoms with Crippen molar-refractivity contribution in [2.24, 2.45) is 0 Å². The number of nitrogens with one attached hydrogen (secondary N) is 2. The predicted molar refractivity (Wildman–Crippen MR) is 76.0 cm³/mol. The molecule has 7 heteroatoms. The zero-order valence-corrected chi connectivity index (χ0v) is 12.4. The van der Waals surface area contributed by atoms with Crippen LogP contribution in [0.4, 0.5) is 5.69 Å². The standard InChI is InChI=1S/C13H17N3O3S/c1-9-10(2)19-13(16-9)8-15-20(17,18)12-7-5-4-6-11(12)14-3/h4-7,14-15H,8H2,1-3H3. The maximum absolute atomic E-state index is 12.3. The van der Waals surface area contributed by atoms with E-state index in [9.17, 15) is 8.42 Å². The monoisotopic (exact) mass is 295 g/mol. The smallest absolute Gasteiger partial charge is 0.243 e. The predicted octanol–water partition coefficient (Wildman–Crippen LogP) is 1.81. The van der Waals surface area contributed by atoms with Crippen molar-refractivity contribution in [3.63, 3.8) is 0 Å². The Morgan fingerprint density at radius 2 is 1.95 bits per heavy atom. The van der Waals surface area contributed by atoms with Crippen LogP contribution >= 0.6 is 0 Å². The molecule has 0 bridgehead atoms. The molecule has 0 saturated carbocycles. The van der Waals surface area contributed by atoms with Gasteiger partial charge in [-0.2, -0.15) is 0 Å². The summed E-state index contributed by atoms with van der Waals surface area (Å²) in [7, 11) is -1.94. The summed E-state index contributed by atoms with van der Waals surface area (Å²) < 4.78 is 32.3. The number of aryl methyl sites for hydroxylation is 2. The topological polar surface area (TPSA) is 84.2 Å². The fraction of sp³-hybridized carbons (Fsp3) is 0.308. The first-order valence-corrected chi connectivity index (χ1v) is 7.61. The highest BCUT2D eigenvalue weighted by Gasteiger charge is 2.18. The summed E-state index contributed by atoms with van der Waals surface area (Å²) in [6.07, 6.45) is 0. The molecule has 0 aliphatic rings. The zero-order chi connectivity index (χ0) is 14.8. The van der Waals surface area contributed by atoms with Gasteiger partial charge in [0.2, 0.25) is 15.9 Å². The van der Waals surface area contributed by atoms with Crippen molar-refractivity contribution >= 4 is 15.7 Å². The second kappa shape index (κ2) is 5.64. The summed E-state index contributed by atoms with van der Waals surface area (Å²) in [4.78, 5) is 4.34. The van der Waals surface area contributed by atoms with E-state index in [0.717, 1.165) is 5.69 Å². The van der Waals surface area contributed by atoms with Crippen LogP contribution in [0.25, 0.3) is 0 Å². The normalized spacial score (nSPS) is 11.6. The molecule has 0 spiro atoms. The van der Waals surface area contributed by atoms with E-state index >= 15 is 0 Å². The molecular formula is C13H17N3O3S. The van der Waals surface area contributed by atoms with E-state index in [-0.39, 0.29) is 11.4 Å². The molecule has 2 rings (SSSR count). The lowest BCUT2D eigenvalue weighted by Crippen LogP contribution is -2.24. The van der Waals surface area contributed by atoms with Gasteiger partial charge in [-0.25, -0.2) is 18.1 Å². The fourth-order valence-corrected chi connectivity index (χ4v) is 2.94. The molecule has 0 fully saturated rings. The van der Waals surface area contributed by atoms with E-state index in [1.165, 1.54) is 0 Å². The zero-order valence-electron chi connectivity index (χ0n) is 11.6. The van der Waals surface area contributed by atoms with E-state index in [0.29, 0.717) is 17.3 Å². The highest BCUT2D eigenvalue weighted by Crippen LogP contribution is 2.20. The van der Waals surface area contributed by atoms with Gasteiger partial charge in [0.15, 0.2) is 0 Å². The Kier molecular flexibility index (Phi) is 4.10. The van der Waals surface area contributed by atoms with Crippen molar-refractivity contribution in [2.75, 3.05) is 12.4 Å². The van der Waals surface area contributed by atoms with Gasteiger partial charge in [0.05, 0.1) is 17.9 Å². The molecule has 0 aliphatic carbocycles. The average Bonchev–Trinajstić information content (AvgIpc) is 2.76. The van der Waals surface area contributed by atoms with Crippen LogP contribution in [0.2, 0.25) is 0 Å². The van der Waals surface area contributed by atoms with Gasteiger partial charge < -0.3 is 9.73 Å². The van der Waals surface area contributed by atoms with Crippen LogP contribution in [0, 0.1) is 13.8 Å². The molecule has 0 atom stereocenters. The number of oxazole rings is 1. The first-order chi connectivity index (χ1) is 9.44. The second-order valence-corrected chi connectivity index (χ2v) is 6.06. The molecule has 1 aromatic heterocycles. The highest BCUT2D eigenvalue weighted by molar-refractivity contribution is 7.89. The number of rotatable bonds is 5. The number of anilines is 1. The van der Waals surface area contributed by atoms with Crippen LogP contribution in [0.15, 0.2) is 33.6 Å². The number of hydrogen-bond acceptors (Lipinski definition) is 5. The number of sulfonamides is 1. The summed E-state index contributed by atoms with van der Waals surface area (Å²) in [6, 6.07) is 6.69. The fourth-order valence-electron chi connectivity index (χ4n) is 1.76. The lowest BCUT2D eigenvalue weighted by Gasteiger charge is -2.09. The molecule has 0 saturated heterocycles. The molecule has 0 aliphatic heterocycles. The quantitative estimate of drug-likeness (QED) is 0.879. The van der Waals surface area contributed by atoms with E-state index < -0.39 is 10.0 Å². The van der Waals surface area contributed by atoms with Crippen LogP contribution in [-0.4, -0.2) is 20.4 Å². The van der Waals surface area contributed by atoms with Gasteiger partial charge in [0.1, 0.15) is 10.7 Å². The Labute approximate surface area is 118 Å². The Balaban J connectivity index is 2.19. The maximum atomic E-state index is 12.3. The van der Waals surface area contributed by atoms with E-state index in [1.54, 1.807) is 38.2 Å². The molecule has 0 unspecified atom stereocenters. The van der Waals surface area contributed by atoms with Crippen molar-refractivity contribution in [3.05, 3.63) is 41.6 Å². The molecule has 6 nitrogen and oxygen atoms in total. The molecule has 1 heterocycles. The van der Waals surface area contributed by atoms with Crippen LogP contribution in [-0.2, 0) is 16.6 Å². The molecule has 0 amide bonds. The van der Waals surface area contributed by atoms with Gasteiger partial charge in [0, 0.05) is 7.05 Å². The van der Waals surface area contributed by atoms with Gasteiger partial charge in [-0.05, 0) is 26.0 Å². The van der Waals surface area contributed by atoms with Gasteiger partial charge in [0.25, 0.3) is 0 Å². The van der Waals surface area contributed by atoms with E-state index in [4.69, 9.17) is 4.42 Å². The third-order valence-corrected chi connectivity index (χ3v) is 4.39. The third-order valence-electron chi connectivity index (χ3n) is 2.93. The van der Waals surface area contributed by atoms with Gasteiger partial charge in [-0.15, -0.1) is 0 Å². The van der Waals surface area contributed by atoms with E-state index in [1.807, 2.05) is 6.92 Å². The Bertz CT molecular complexity index is 688. The van der Waals surface area contributed by atoms with Crippen molar-refractivity contribution in [1.29, 1.82) is 0 Å². The average molecular weight is 295 g/mol. The maximum Gasteiger partial charge on any atom is 0.243 e. The lowest BCUT2D eigenvalue weighted by molar-refractivity contribution is 0.463. The summed E-state index contributed by atoms with van der Waals surface area (Å²) in [5.74, 6) is 1.04. The van der Waals surface area contributed by atoms with Crippen LogP contribution in [0.3, 0.4) is 0 Å². The molecule has 108 valence electrons. The molecule has 0 radical (unpaired) electrons. The SMILES string of the molecule is CNc1ccccc1S(=O)(=O)NCc1nc(C)c(C)o1. The minimum absolute atomic E-state index is 0.0229. The lowest BCUT2D eigenvalue weighted by atomic mass is 10.3. The number of aromatic nitrogens is 1. The van der Waals surface area contributed by atoms with Crippen molar-refractivity contribution in [1.82, 2.24) is 9.71 Å². The second-order valence-electron chi connectivity index (χ2n) is 4.32. The summed E-state index contributed by atoms with van der Waals surface area (Å²) in [5, 5.41) is 2.85. The Hall–Kier alpha value is -1.86. The first kappa shape index (κ1) is 14.5. The Morgan fingerprint density at radius 1 is 1.25 bits per heavy atom. The number of nitrogens with zero attached hydrogens (tertiary/aromatic N) is 1. The van der Waals surface area contributed by atoms with Crippen LogP contribution in [0.5, 0.6) is 0 Å². The van der Waals surface area contributed by atoms with Crippen LogP contribution in [0.1, 0.15) is 17.3 Å². The molecular weight excluding hydrogens is 278 g/mol. The van der Waals surface area contributed by atoms with Gasteiger partial charge in [-0.3, -0.25) is 0 Å². The minimum Gasteiger partial charge on any atom is -0.444 e. The molecule has 2 N–H and O–H groups in total. The first-order valence-electron chi connectivity index (χ1n) is 6.13. The minimum atomic E-state index is -3.62. The number of para-hydroxylation sites is 1. The largest absolute Gasteiger partial charge is 0.444 e. The third kappa shape index (κ3) is 3.00. The summed E-state index contributed by atoms with van der Waals surface area (Å²) >= 11 is 0. The van der Waals surface area contributed by atoms with E-state index in [2.05, 4.69) is 15.0 Å². The number of hydrogen-bond donors (Lipinski definition) is 2. The summed E-state index contributed by atoms with van der Waals surface area (Å²) in [5.41, 5.74) is 1.30. The van der Waals surface area contributed by atoms with Crippen molar-refractivity contribution < 1.29 is 12.8 Å². The van der Waals surface area contributed by atoms with Gasteiger partial charge >= 0.3 is 0 Å². The molecule has 2 aromatic rings. The Morgan fingerprint density at radius 3 is 2.55 bits per heavy atom. The van der Waals surface area contributed by atoms with Crippen LogP contribution < -0.4 is 10.0 Å². The van der Waals surface area contributed by atoms with Crippen molar-refractivity contribution in [3.8, 4) is 0 Å². The number of benzene rings is 1. The van der Waals surface area contributed by atoms with Crippen molar-refractivity contribution in [2.45, 2.75) is 25.3 Å². The van der Waals surface area contributed by atoms with Gasteiger partial charge in [-0.1, -0.05) is 12.1 Å². The highest BCUT2D eigenvalue weighted by atomic mass is 32.2. The summed E-state index contributed by atoms with van der Waals surface area (Å²) in [6.45, 7) is 3.62. The molecule has 20 heavy (non-hydrogen) atoms.